The van der Waals surface area contributed by atoms with E-state index < -0.39 is 5.91 Å². The van der Waals surface area contributed by atoms with Crippen LogP contribution in [-0.4, -0.2) is 52.1 Å². The van der Waals surface area contributed by atoms with Gasteiger partial charge in [0.1, 0.15) is 11.4 Å². The Morgan fingerprint density at radius 2 is 1.65 bits per heavy atom. The third-order valence-electron chi connectivity index (χ3n) is 7.94. The molecule has 3 aromatic heterocycles. The zero-order valence-corrected chi connectivity index (χ0v) is 27.9. The lowest BCUT2D eigenvalue weighted by atomic mass is 10.0. The van der Waals surface area contributed by atoms with Crippen LogP contribution in [0.25, 0.3) is 11.1 Å². The van der Waals surface area contributed by atoms with Gasteiger partial charge in [-0.15, -0.1) is 0 Å². The van der Waals surface area contributed by atoms with Gasteiger partial charge in [0.2, 0.25) is 5.88 Å². The largest absolute Gasteiger partial charge is 0.496 e. The van der Waals surface area contributed by atoms with E-state index in [0.717, 1.165) is 35.6 Å². The highest BCUT2D eigenvalue weighted by molar-refractivity contribution is 6.40. The molecule has 14 heteroatoms. The van der Waals surface area contributed by atoms with Gasteiger partial charge in [0.15, 0.2) is 5.82 Å². The molecule has 12 nitrogen and oxygen atoms in total. The van der Waals surface area contributed by atoms with Crippen LogP contribution in [0.5, 0.6) is 11.6 Å². The van der Waals surface area contributed by atoms with Crippen molar-refractivity contribution in [3.05, 3.63) is 106 Å². The van der Waals surface area contributed by atoms with Crippen LogP contribution in [0.3, 0.4) is 0 Å². The minimum Gasteiger partial charge on any atom is -0.496 e. The van der Waals surface area contributed by atoms with E-state index in [-0.39, 0.29) is 21.6 Å². The van der Waals surface area contributed by atoms with E-state index in [1.165, 1.54) is 7.11 Å². The SMILES string of the molecule is COc1cc(NCc2cnc(C(=O)Nc3cccc(-c4cccc(NC(=O)c5nc6c(n5C)CCNC6)c4Cl)c3Cl)cc2OC)ccn1. The molecule has 2 amide bonds. The van der Waals surface area contributed by atoms with Crippen molar-refractivity contribution in [1.29, 1.82) is 0 Å². The summed E-state index contributed by atoms with van der Waals surface area (Å²) in [7, 11) is 4.91. The molecule has 0 bridgehead atoms. The number of fused-ring (bicyclic) bond motifs is 1. The molecule has 0 atom stereocenters. The Bertz CT molecular complexity index is 2020. The van der Waals surface area contributed by atoms with Crippen molar-refractivity contribution in [2.24, 2.45) is 7.05 Å². The molecule has 2 aromatic carbocycles. The number of hydrogen-bond donors (Lipinski definition) is 4. The molecule has 1 aliphatic rings. The Kier molecular flexibility index (Phi) is 9.76. The Balaban J connectivity index is 1.18. The number of rotatable bonds is 10. The van der Waals surface area contributed by atoms with Gasteiger partial charge in [0, 0.05) is 85.7 Å². The number of anilines is 3. The van der Waals surface area contributed by atoms with Crippen molar-refractivity contribution in [3.8, 4) is 22.8 Å². The molecular formula is C34H32Cl2N8O4. The standard InChI is InChI=1S/C34H32Cl2N8O4/c1-44-27-11-12-37-18-26(27)41-32(44)34(46)43-24-9-5-7-22(31(24)36)21-6-4-8-23(30(21)35)42-33(45)25-15-28(47-2)19(17-40-25)16-39-20-10-13-38-29(14-20)48-3/h4-10,13-15,17,37H,11-12,16,18H2,1-3H3,(H,38,39)(H,42,45)(H,43,46). The second-order valence-electron chi connectivity index (χ2n) is 10.9. The summed E-state index contributed by atoms with van der Waals surface area (Å²) in [6.45, 7) is 1.84. The quantitative estimate of drug-likeness (QED) is 0.140. The van der Waals surface area contributed by atoms with Gasteiger partial charge in [-0.05, 0) is 18.2 Å². The minimum absolute atomic E-state index is 0.136. The summed E-state index contributed by atoms with van der Waals surface area (Å²) in [4.78, 5) is 39.6. The number of nitrogens with one attached hydrogen (secondary N) is 4. The first-order chi connectivity index (χ1) is 23.3. The Morgan fingerprint density at radius 3 is 2.31 bits per heavy atom. The monoisotopic (exact) mass is 686 g/mol. The molecule has 1 aliphatic heterocycles. The number of carbonyl (C=O) groups excluding carboxylic acids is 2. The first-order valence-corrected chi connectivity index (χ1v) is 15.7. The lowest BCUT2D eigenvalue weighted by Crippen LogP contribution is -2.24. The van der Waals surface area contributed by atoms with Crippen molar-refractivity contribution in [2.45, 2.75) is 19.5 Å². The maximum Gasteiger partial charge on any atom is 0.291 e. The summed E-state index contributed by atoms with van der Waals surface area (Å²) in [5, 5.41) is 12.8. The summed E-state index contributed by atoms with van der Waals surface area (Å²) in [6, 6.07) is 15.6. The minimum atomic E-state index is -0.481. The second-order valence-corrected chi connectivity index (χ2v) is 11.6. The topological polar surface area (TPSA) is 144 Å². The molecular weight excluding hydrogens is 655 g/mol. The molecule has 0 spiro atoms. The Morgan fingerprint density at radius 1 is 0.938 bits per heavy atom. The second kappa shape index (κ2) is 14.3. The van der Waals surface area contributed by atoms with Crippen molar-refractivity contribution in [1.82, 2.24) is 24.8 Å². The van der Waals surface area contributed by atoms with Crippen molar-refractivity contribution < 1.29 is 19.1 Å². The molecule has 0 unspecified atom stereocenters. The van der Waals surface area contributed by atoms with Gasteiger partial charge in [0.05, 0.1) is 41.3 Å². The number of carbonyl (C=O) groups is 2. The number of nitrogens with zero attached hydrogens (tertiary/aromatic N) is 4. The zero-order chi connectivity index (χ0) is 33.8. The number of pyridine rings is 2. The first-order valence-electron chi connectivity index (χ1n) is 15.0. The molecule has 246 valence electrons. The maximum absolute atomic E-state index is 13.3. The average Bonchev–Trinajstić information content (AvgIpc) is 3.45. The van der Waals surface area contributed by atoms with E-state index in [2.05, 4.69) is 36.2 Å². The summed E-state index contributed by atoms with van der Waals surface area (Å²) in [6.07, 6.45) is 4.01. The van der Waals surface area contributed by atoms with Crippen molar-refractivity contribution >= 4 is 52.1 Å². The highest BCUT2D eigenvalue weighted by atomic mass is 35.5. The fourth-order valence-corrected chi connectivity index (χ4v) is 5.99. The van der Waals surface area contributed by atoms with Crippen LogP contribution in [0.1, 0.15) is 38.1 Å². The highest BCUT2D eigenvalue weighted by Crippen LogP contribution is 2.40. The smallest absolute Gasteiger partial charge is 0.291 e. The van der Waals surface area contributed by atoms with Gasteiger partial charge in [0.25, 0.3) is 11.8 Å². The van der Waals surface area contributed by atoms with Crippen molar-refractivity contribution in [3.63, 3.8) is 0 Å². The van der Waals surface area contributed by atoms with E-state index >= 15 is 0 Å². The van der Waals surface area contributed by atoms with Crippen LogP contribution < -0.4 is 30.7 Å². The van der Waals surface area contributed by atoms with Crippen LogP contribution in [-0.2, 0) is 26.6 Å². The Labute approximate surface area is 286 Å². The van der Waals surface area contributed by atoms with Crippen LogP contribution in [0.2, 0.25) is 10.0 Å². The highest BCUT2D eigenvalue weighted by Gasteiger charge is 2.23. The summed E-state index contributed by atoms with van der Waals surface area (Å²) >= 11 is 13.7. The van der Waals surface area contributed by atoms with E-state index in [1.807, 2.05) is 17.7 Å². The lowest BCUT2D eigenvalue weighted by Gasteiger charge is -2.15. The van der Waals surface area contributed by atoms with Gasteiger partial charge in [-0.1, -0.05) is 47.5 Å². The van der Waals surface area contributed by atoms with Gasteiger partial charge < -0.3 is 35.3 Å². The number of ether oxygens (including phenoxy) is 2. The summed E-state index contributed by atoms with van der Waals surface area (Å²) in [5.41, 5.74) is 5.47. The summed E-state index contributed by atoms with van der Waals surface area (Å²) < 4.78 is 12.5. The fourth-order valence-electron chi connectivity index (χ4n) is 5.44. The summed E-state index contributed by atoms with van der Waals surface area (Å²) in [5.74, 6) is 0.414. The van der Waals surface area contributed by atoms with Crippen LogP contribution in [0.4, 0.5) is 17.1 Å². The molecule has 0 radical (unpaired) electrons. The normalized spacial score (nSPS) is 12.2. The molecule has 4 heterocycles. The van der Waals surface area contributed by atoms with Crippen LogP contribution in [0.15, 0.2) is 67.0 Å². The van der Waals surface area contributed by atoms with Gasteiger partial charge in [-0.25, -0.2) is 9.97 Å². The number of imidazole rings is 1. The van der Waals surface area contributed by atoms with E-state index in [9.17, 15) is 9.59 Å². The molecule has 6 rings (SSSR count). The Hall–Kier alpha value is -5.17. The van der Waals surface area contributed by atoms with Gasteiger partial charge in [-0.2, -0.15) is 0 Å². The number of aromatic nitrogens is 4. The zero-order valence-electron chi connectivity index (χ0n) is 26.4. The van der Waals surface area contributed by atoms with Gasteiger partial charge >= 0.3 is 0 Å². The number of amides is 2. The molecule has 0 saturated carbocycles. The average molecular weight is 688 g/mol. The number of hydrogen-bond acceptors (Lipinski definition) is 9. The van der Waals surface area contributed by atoms with Crippen LogP contribution >= 0.6 is 23.2 Å². The van der Waals surface area contributed by atoms with E-state index in [1.54, 1.807) is 68.0 Å². The third-order valence-corrected chi connectivity index (χ3v) is 8.75. The maximum atomic E-state index is 13.3. The van der Waals surface area contributed by atoms with Crippen LogP contribution in [0, 0.1) is 0 Å². The molecule has 4 N–H and O–H groups in total. The van der Waals surface area contributed by atoms with Gasteiger partial charge in [-0.3, -0.25) is 14.6 Å². The van der Waals surface area contributed by atoms with E-state index in [0.29, 0.717) is 53.0 Å². The number of methoxy groups -OCH3 is 2. The van der Waals surface area contributed by atoms with E-state index in [4.69, 9.17) is 32.7 Å². The first kappa shape index (κ1) is 32.8. The lowest BCUT2D eigenvalue weighted by molar-refractivity contribution is 0.100. The number of halogens is 2. The molecule has 0 aliphatic carbocycles. The molecule has 0 saturated heterocycles. The molecule has 48 heavy (non-hydrogen) atoms. The predicted octanol–water partition coefficient (Wildman–Crippen LogP) is 5.96. The predicted molar refractivity (Wildman–Crippen MR) is 185 cm³/mol. The van der Waals surface area contributed by atoms with Crippen molar-refractivity contribution in [2.75, 3.05) is 36.7 Å². The molecule has 5 aromatic rings. The number of benzene rings is 2. The third kappa shape index (κ3) is 6.77. The fraction of sp³-hybridized carbons (Fsp3) is 0.206. The molecule has 0 fully saturated rings.